The highest BCUT2D eigenvalue weighted by molar-refractivity contribution is 4.74. The molecule has 0 aromatic rings. The molecule has 1 rings (SSSR count). The van der Waals surface area contributed by atoms with Gasteiger partial charge in [-0.2, -0.15) is 13.2 Å². The van der Waals surface area contributed by atoms with Gasteiger partial charge in [0.25, 0.3) is 0 Å². The van der Waals surface area contributed by atoms with Crippen molar-refractivity contribution < 1.29 is 18.3 Å². The number of likely N-dealkylation sites (tertiary alicyclic amines) is 1. The second-order valence-corrected chi connectivity index (χ2v) is 3.46. The molecule has 1 aliphatic rings. The van der Waals surface area contributed by atoms with E-state index in [0.717, 1.165) is 6.54 Å². The molecule has 0 bridgehead atoms. The Kier molecular flexibility index (Phi) is 3.55. The van der Waals surface area contributed by atoms with Gasteiger partial charge in [-0.25, -0.2) is 0 Å². The van der Waals surface area contributed by atoms with Gasteiger partial charge in [-0.05, 0) is 19.4 Å². The highest BCUT2D eigenvalue weighted by Crippen LogP contribution is 2.22. The van der Waals surface area contributed by atoms with Crippen molar-refractivity contribution in [2.45, 2.75) is 31.5 Å². The van der Waals surface area contributed by atoms with Crippen LogP contribution in [0.25, 0.3) is 0 Å². The second kappa shape index (κ2) is 4.28. The first-order valence-corrected chi connectivity index (χ1v) is 4.44. The first-order valence-electron chi connectivity index (χ1n) is 4.44. The van der Waals surface area contributed by atoms with Crippen molar-refractivity contribution in [3.8, 4) is 0 Å². The van der Waals surface area contributed by atoms with E-state index in [-0.39, 0.29) is 12.5 Å². The Morgan fingerprint density at radius 1 is 1.38 bits per heavy atom. The van der Waals surface area contributed by atoms with Crippen LogP contribution in [0.2, 0.25) is 0 Å². The molecule has 0 aliphatic carbocycles. The van der Waals surface area contributed by atoms with Gasteiger partial charge in [0.05, 0.1) is 6.10 Å². The Hall–Kier alpha value is -0.290. The molecule has 1 atom stereocenters. The number of rotatable bonds is 3. The molecule has 1 saturated heterocycles. The largest absolute Gasteiger partial charge is 0.392 e. The van der Waals surface area contributed by atoms with Gasteiger partial charge >= 0.3 is 6.18 Å². The zero-order valence-corrected chi connectivity index (χ0v) is 7.35. The average Bonchev–Trinajstić information content (AvgIpc) is 2.33. The molecule has 1 N–H and O–H groups in total. The normalized spacial score (nSPS) is 25.4. The topological polar surface area (TPSA) is 23.5 Å². The predicted octanol–water partition coefficient (Wildman–Crippen LogP) is 1.40. The summed E-state index contributed by atoms with van der Waals surface area (Å²) in [6, 6.07) is 0. The van der Waals surface area contributed by atoms with Crippen molar-refractivity contribution in [1.82, 2.24) is 4.90 Å². The summed E-state index contributed by atoms with van der Waals surface area (Å²) in [5.41, 5.74) is 0. The molecule has 1 heterocycles. The maximum atomic E-state index is 11.7. The smallest absolute Gasteiger partial charge is 0.389 e. The molecule has 2 nitrogen and oxygen atoms in total. The molecule has 1 unspecified atom stereocenters. The van der Waals surface area contributed by atoms with Crippen LogP contribution in [0.5, 0.6) is 0 Å². The molecular formula is C8H14F3NO. The lowest BCUT2D eigenvalue weighted by Gasteiger charge is -2.14. The standard InChI is InChI=1S/C8H14F3NO/c9-8(10,11)3-1-4-12-5-2-7(13)6-12/h7,13H,1-6H2. The highest BCUT2D eigenvalue weighted by Gasteiger charge is 2.27. The summed E-state index contributed by atoms with van der Waals surface area (Å²) in [5.74, 6) is 0. The van der Waals surface area contributed by atoms with Gasteiger partial charge in [0.1, 0.15) is 0 Å². The molecule has 0 saturated carbocycles. The van der Waals surface area contributed by atoms with Gasteiger partial charge < -0.3 is 10.0 Å². The van der Waals surface area contributed by atoms with E-state index in [9.17, 15) is 13.2 Å². The van der Waals surface area contributed by atoms with Gasteiger partial charge in [-0.3, -0.25) is 0 Å². The number of aliphatic hydroxyl groups is 1. The number of hydrogen-bond donors (Lipinski definition) is 1. The van der Waals surface area contributed by atoms with E-state index in [1.807, 2.05) is 4.90 Å². The van der Waals surface area contributed by atoms with Gasteiger partial charge in [-0.15, -0.1) is 0 Å². The van der Waals surface area contributed by atoms with Crippen molar-refractivity contribution >= 4 is 0 Å². The monoisotopic (exact) mass is 197 g/mol. The van der Waals surface area contributed by atoms with E-state index >= 15 is 0 Å². The van der Waals surface area contributed by atoms with Crippen LogP contribution in [0.4, 0.5) is 13.2 Å². The lowest BCUT2D eigenvalue weighted by Crippen LogP contribution is -2.24. The first-order chi connectivity index (χ1) is 5.97. The number of alkyl halides is 3. The van der Waals surface area contributed by atoms with E-state index in [4.69, 9.17) is 5.11 Å². The molecule has 0 aromatic heterocycles. The zero-order valence-electron chi connectivity index (χ0n) is 7.35. The maximum absolute atomic E-state index is 11.7. The quantitative estimate of drug-likeness (QED) is 0.739. The van der Waals surface area contributed by atoms with E-state index < -0.39 is 12.6 Å². The summed E-state index contributed by atoms with van der Waals surface area (Å²) in [6.07, 6.45) is -4.29. The summed E-state index contributed by atoms with van der Waals surface area (Å²) in [7, 11) is 0. The molecule has 0 amide bonds. The van der Waals surface area contributed by atoms with E-state index in [0.29, 0.717) is 19.5 Å². The van der Waals surface area contributed by atoms with Crippen LogP contribution in [0.3, 0.4) is 0 Å². The minimum Gasteiger partial charge on any atom is -0.392 e. The number of hydrogen-bond acceptors (Lipinski definition) is 2. The van der Waals surface area contributed by atoms with Crippen LogP contribution in [-0.4, -0.2) is 41.9 Å². The SMILES string of the molecule is OC1CCN(CCCC(F)(F)F)C1. The van der Waals surface area contributed by atoms with Crippen LogP contribution in [0.15, 0.2) is 0 Å². The molecule has 78 valence electrons. The Bertz CT molecular complexity index is 160. The minimum atomic E-state index is -4.04. The van der Waals surface area contributed by atoms with Crippen molar-refractivity contribution in [1.29, 1.82) is 0 Å². The van der Waals surface area contributed by atoms with Gasteiger partial charge in [0.15, 0.2) is 0 Å². The molecule has 1 fully saturated rings. The molecule has 0 radical (unpaired) electrons. The zero-order chi connectivity index (χ0) is 9.90. The van der Waals surface area contributed by atoms with Crippen LogP contribution >= 0.6 is 0 Å². The number of aliphatic hydroxyl groups excluding tert-OH is 1. The van der Waals surface area contributed by atoms with E-state index in [1.54, 1.807) is 0 Å². The van der Waals surface area contributed by atoms with Crippen LogP contribution < -0.4 is 0 Å². The molecular weight excluding hydrogens is 183 g/mol. The van der Waals surface area contributed by atoms with Crippen molar-refractivity contribution in [3.05, 3.63) is 0 Å². The fourth-order valence-corrected chi connectivity index (χ4v) is 1.52. The number of nitrogens with zero attached hydrogens (tertiary/aromatic N) is 1. The third kappa shape index (κ3) is 4.47. The molecule has 0 aromatic carbocycles. The number of halogens is 3. The predicted molar refractivity (Wildman–Crippen MR) is 42.4 cm³/mol. The minimum absolute atomic E-state index is 0.135. The molecule has 0 spiro atoms. The Labute approximate surface area is 75.3 Å². The Morgan fingerprint density at radius 3 is 2.54 bits per heavy atom. The van der Waals surface area contributed by atoms with Crippen LogP contribution in [-0.2, 0) is 0 Å². The van der Waals surface area contributed by atoms with Crippen molar-refractivity contribution in [2.24, 2.45) is 0 Å². The van der Waals surface area contributed by atoms with Gasteiger partial charge in [-0.1, -0.05) is 0 Å². The van der Waals surface area contributed by atoms with Crippen LogP contribution in [0.1, 0.15) is 19.3 Å². The lowest BCUT2D eigenvalue weighted by molar-refractivity contribution is -0.136. The van der Waals surface area contributed by atoms with E-state index in [1.165, 1.54) is 0 Å². The van der Waals surface area contributed by atoms with Crippen LogP contribution in [0, 0.1) is 0 Å². The summed E-state index contributed by atoms with van der Waals surface area (Å²) >= 11 is 0. The summed E-state index contributed by atoms with van der Waals surface area (Å²) in [4.78, 5) is 1.87. The summed E-state index contributed by atoms with van der Waals surface area (Å²) in [5, 5.41) is 9.09. The van der Waals surface area contributed by atoms with Gasteiger partial charge in [0, 0.05) is 19.5 Å². The molecule has 5 heteroatoms. The van der Waals surface area contributed by atoms with Gasteiger partial charge in [0.2, 0.25) is 0 Å². The second-order valence-electron chi connectivity index (χ2n) is 3.46. The fourth-order valence-electron chi connectivity index (χ4n) is 1.52. The summed E-state index contributed by atoms with van der Waals surface area (Å²) < 4.78 is 35.2. The lowest BCUT2D eigenvalue weighted by atomic mass is 10.3. The Balaban J connectivity index is 2.07. The average molecular weight is 197 g/mol. The Morgan fingerprint density at radius 2 is 2.08 bits per heavy atom. The number of β-amino-alcohol motifs (C(OH)–C–C–N with tert-alkyl or cyclic N) is 1. The molecule has 1 aliphatic heterocycles. The fraction of sp³-hybridized carbons (Fsp3) is 1.00. The maximum Gasteiger partial charge on any atom is 0.389 e. The summed E-state index contributed by atoms with van der Waals surface area (Å²) in [6.45, 7) is 1.69. The highest BCUT2D eigenvalue weighted by atomic mass is 19.4. The third-order valence-electron chi connectivity index (χ3n) is 2.18. The van der Waals surface area contributed by atoms with Crippen molar-refractivity contribution in [2.75, 3.05) is 19.6 Å². The third-order valence-corrected chi connectivity index (χ3v) is 2.18. The first kappa shape index (κ1) is 10.8. The van der Waals surface area contributed by atoms with E-state index in [2.05, 4.69) is 0 Å². The van der Waals surface area contributed by atoms with Crippen molar-refractivity contribution in [3.63, 3.8) is 0 Å². The molecule has 13 heavy (non-hydrogen) atoms.